The Hall–Kier alpha value is -3.81. The number of hydrogen-bond donors (Lipinski definition) is 2. The van der Waals surface area contributed by atoms with E-state index >= 15 is 0 Å². The molecule has 0 amide bonds. The molecule has 246 valence electrons. The van der Waals surface area contributed by atoms with Crippen molar-refractivity contribution in [3.05, 3.63) is 118 Å². The van der Waals surface area contributed by atoms with Gasteiger partial charge in [-0.05, 0) is 99.7 Å². The summed E-state index contributed by atoms with van der Waals surface area (Å²) in [5.74, 6) is 0.422. The Labute approximate surface area is 307 Å². The standard InChI is InChI=1S/C37H34N2O7S2.Na/c1-20-15-21(2)35(22(3)16-20)38-26-11-13-28-31(18-26)46-32-19-27(39-36-23(4)17-24(5)37(25(36)6)48(43,44)45)12-14-29(32)34(28)30-9-7-8-10-33(30)47(40,41)42;/h7-19,39H,1-6H3,(H,40,41,42)(H,43,44,45);/q;+1/p-1. The molecule has 0 spiro atoms. The number of nitrogens with zero attached hydrogens (tertiary/aromatic N) is 1. The van der Waals surface area contributed by atoms with Gasteiger partial charge in [0.2, 0.25) is 0 Å². The minimum atomic E-state index is -4.73. The first-order valence-electron chi connectivity index (χ1n) is 15.1. The maximum Gasteiger partial charge on any atom is 1.00 e. The van der Waals surface area contributed by atoms with Crippen molar-refractivity contribution < 1.29 is 59.9 Å². The molecule has 6 rings (SSSR count). The van der Waals surface area contributed by atoms with E-state index in [1.165, 1.54) is 12.1 Å². The number of benzene rings is 5. The van der Waals surface area contributed by atoms with Gasteiger partial charge in [0.25, 0.3) is 10.1 Å². The van der Waals surface area contributed by atoms with Crippen LogP contribution in [0.5, 0.6) is 0 Å². The van der Waals surface area contributed by atoms with Crippen LogP contribution in [-0.2, 0) is 20.2 Å². The van der Waals surface area contributed by atoms with E-state index in [1.807, 2.05) is 39.8 Å². The molecule has 0 atom stereocenters. The summed E-state index contributed by atoms with van der Waals surface area (Å²) < 4.78 is 78.0. The van der Waals surface area contributed by atoms with E-state index in [9.17, 15) is 25.9 Å². The summed E-state index contributed by atoms with van der Waals surface area (Å²) in [5, 5.41) is 4.45. The molecule has 2 aliphatic rings. The first-order chi connectivity index (χ1) is 22.5. The van der Waals surface area contributed by atoms with Gasteiger partial charge in [-0.2, -0.15) is 8.42 Å². The van der Waals surface area contributed by atoms with E-state index in [1.54, 1.807) is 56.3 Å². The molecule has 0 fully saturated rings. The molecule has 0 saturated heterocycles. The third-order valence-corrected chi connectivity index (χ3v) is 10.5. The van der Waals surface area contributed by atoms with E-state index in [0.29, 0.717) is 55.7 Å². The first kappa shape index (κ1) is 36.5. The zero-order chi connectivity index (χ0) is 34.7. The first-order valence-corrected chi connectivity index (χ1v) is 17.9. The van der Waals surface area contributed by atoms with Crippen LogP contribution < -0.4 is 40.2 Å². The Balaban J connectivity index is 0.00000468. The molecule has 9 nitrogen and oxygen atoms in total. The third-order valence-electron chi connectivity index (χ3n) is 8.44. The number of anilines is 2. The molecule has 0 unspecified atom stereocenters. The Morgan fingerprint density at radius 3 is 2.08 bits per heavy atom. The van der Waals surface area contributed by atoms with E-state index in [-0.39, 0.29) is 44.9 Å². The fourth-order valence-corrected chi connectivity index (χ4v) is 8.21. The van der Waals surface area contributed by atoms with Crippen LogP contribution >= 0.6 is 0 Å². The number of aryl methyl sites for hydroxylation is 5. The van der Waals surface area contributed by atoms with Crippen molar-refractivity contribution >= 4 is 48.3 Å². The average molecular weight is 705 g/mol. The smallest absolute Gasteiger partial charge is 0.744 e. The second kappa shape index (κ2) is 13.5. The molecule has 1 aliphatic heterocycles. The van der Waals surface area contributed by atoms with E-state index in [2.05, 4.69) is 17.4 Å². The van der Waals surface area contributed by atoms with Crippen molar-refractivity contribution in [1.82, 2.24) is 0 Å². The summed E-state index contributed by atoms with van der Waals surface area (Å²) >= 11 is 0. The minimum Gasteiger partial charge on any atom is -0.744 e. The number of nitrogens with one attached hydrogen (secondary N) is 1. The van der Waals surface area contributed by atoms with Crippen molar-refractivity contribution in [1.29, 1.82) is 0 Å². The Morgan fingerprint density at radius 2 is 1.43 bits per heavy atom. The van der Waals surface area contributed by atoms with E-state index in [0.717, 1.165) is 27.9 Å². The molecule has 12 heteroatoms. The van der Waals surface area contributed by atoms with Crippen molar-refractivity contribution in [2.45, 2.75) is 51.3 Å². The summed E-state index contributed by atoms with van der Waals surface area (Å²) in [6.45, 7) is 11.0. The zero-order valence-electron chi connectivity index (χ0n) is 28.2. The fraction of sp³-hybridized carbons (Fsp3) is 0.162. The van der Waals surface area contributed by atoms with Gasteiger partial charge in [-0.25, -0.2) is 13.4 Å². The summed E-state index contributed by atoms with van der Waals surface area (Å²) in [6, 6.07) is 22.7. The summed E-state index contributed by atoms with van der Waals surface area (Å²) in [5.41, 5.74) is 8.24. The summed E-state index contributed by atoms with van der Waals surface area (Å²) in [6.07, 6.45) is 0. The molecule has 4 aromatic rings. The van der Waals surface area contributed by atoms with Crippen molar-refractivity contribution in [3.63, 3.8) is 0 Å². The van der Waals surface area contributed by atoms with Crippen molar-refractivity contribution in [3.8, 4) is 22.5 Å². The monoisotopic (exact) mass is 704 g/mol. The molecule has 0 bridgehead atoms. The van der Waals surface area contributed by atoms with E-state index in [4.69, 9.17) is 9.41 Å². The normalized spacial score (nSPS) is 12.4. The second-order valence-corrected chi connectivity index (χ2v) is 14.8. The predicted molar refractivity (Wildman–Crippen MR) is 186 cm³/mol. The van der Waals surface area contributed by atoms with Gasteiger partial charge in [0.1, 0.15) is 26.4 Å². The van der Waals surface area contributed by atoms with Crippen LogP contribution in [0.25, 0.3) is 33.4 Å². The van der Waals surface area contributed by atoms with E-state index < -0.39 is 20.2 Å². The van der Waals surface area contributed by atoms with Gasteiger partial charge in [0, 0.05) is 45.6 Å². The topological polar surface area (TPSA) is 149 Å². The van der Waals surface area contributed by atoms with Crippen LogP contribution in [0, 0.1) is 41.5 Å². The van der Waals surface area contributed by atoms with Gasteiger partial charge in [0.15, 0.2) is 0 Å². The third kappa shape index (κ3) is 7.11. The maximum atomic E-state index is 12.5. The summed E-state index contributed by atoms with van der Waals surface area (Å²) in [7, 11) is -9.32. The van der Waals surface area contributed by atoms with Gasteiger partial charge in [-0.1, -0.05) is 42.0 Å². The van der Waals surface area contributed by atoms with Crippen LogP contribution in [0.3, 0.4) is 0 Å². The quantitative estimate of drug-likeness (QED) is 0.137. The Morgan fingerprint density at radius 1 is 0.755 bits per heavy atom. The second-order valence-electron chi connectivity index (χ2n) is 12.1. The summed E-state index contributed by atoms with van der Waals surface area (Å²) in [4.78, 5) is 4.39. The molecule has 49 heavy (non-hydrogen) atoms. The SMILES string of the molecule is Cc1cc(C)c(N=c2ccc3c(-c4ccccc4S(=O)(=O)O)c4ccc(Nc5c(C)cc(C)c(S(=O)(=O)[O-])c5C)cc4oc-3c2)c(C)c1.[Na+]. The zero-order valence-corrected chi connectivity index (χ0v) is 31.8. The van der Waals surface area contributed by atoms with Crippen LogP contribution in [-0.4, -0.2) is 25.9 Å². The largest absolute Gasteiger partial charge is 1.00 e. The van der Waals surface area contributed by atoms with Crippen LogP contribution in [0.4, 0.5) is 17.1 Å². The average Bonchev–Trinajstić information content (AvgIpc) is 2.98. The molecule has 4 aromatic carbocycles. The minimum absolute atomic E-state index is 0. The fourth-order valence-electron chi connectivity index (χ4n) is 6.58. The number of hydrogen-bond acceptors (Lipinski definition) is 8. The Bertz CT molecular complexity index is 2540. The molecule has 2 N–H and O–H groups in total. The van der Waals surface area contributed by atoms with Gasteiger partial charge in [-0.3, -0.25) is 4.55 Å². The van der Waals surface area contributed by atoms with Gasteiger partial charge in [0.05, 0.1) is 15.9 Å². The van der Waals surface area contributed by atoms with Crippen LogP contribution in [0.1, 0.15) is 33.4 Å². The van der Waals surface area contributed by atoms with Gasteiger partial charge in [-0.15, -0.1) is 0 Å². The molecule has 0 aromatic heterocycles. The molecule has 1 aliphatic carbocycles. The molecule has 0 radical (unpaired) electrons. The Kier molecular flexibility index (Phi) is 10.0. The number of rotatable bonds is 6. The molecular formula is C37H33N2NaO7S2. The van der Waals surface area contributed by atoms with Gasteiger partial charge < -0.3 is 14.3 Å². The molecular weight excluding hydrogens is 672 g/mol. The molecule has 0 saturated carbocycles. The van der Waals surface area contributed by atoms with Gasteiger partial charge >= 0.3 is 29.6 Å². The predicted octanol–water partition coefficient (Wildman–Crippen LogP) is 5.19. The van der Waals surface area contributed by atoms with Crippen molar-refractivity contribution in [2.24, 2.45) is 4.99 Å². The number of fused-ring (bicyclic) bond motifs is 2. The van der Waals surface area contributed by atoms with Crippen LogP contribution in [0.2, 0.25) is 0 Å². The van der Waals surface area contributed by atoms with Crippen LogP contribution in [0.15, 0.2) is 98.1 Å². The van der Waals surface area contributed by atoms with Crippen molar-refractivity contribution in [2.75, 3.05) is 5.32 Å². The molecule has 1 heterocycles. The maximum absolute atomic E-state index is 12.5.